The van der Waals surface area contributed by atoms with E-state index in [4.69, 9.17) is 37.9 Å². The van der Waals surface area contributed by atoms with Gasteiger partial charge in [-0.1, -0.05) is 0 Å². The predicted octanol–water partition coefficient (Wildman–Crippen LogP) is 8.40. The van der Waals surface area contributed by atoms with Gasteiger partial charge in [-0.15, -0.1) is 0 Å². The molecule has 0 saturated carbocycles. The minimum atomic E-state index is -1.05. The molecule has 5 aliphatic rings. The zero-order valence-corrected chi connectivity index (χ0v) is 39.9. The Morgan fingerprint density at radius 1 is 0.328 bits per heavy atom. The zero-order chi connectivity index (χ0) is 45.1. The summed E-state index contributed by atoms with van der Waals surface area (Å²) < 4.78 is 52.7. The average molecular weight is 1140 g/mol. The number of aliphatic carboxylic acids is 4. The standard InChI is InChI=1S/C44H36Br4O16/c45-33-37-21-9-23-18(2-6-30(51)52)25-11-27-20(4-8-32(55)56)28-12-26-19(3-7-31(53)54)24-10-22(17(21)1-5-29(49)50)38(33)58-14-60-40(24)35(47)42(26)62-16-64-44(28)36(48)43(27)63-15-61-41(25)34(46)39(23)59-13-57-37/h1-16H2,(H,49,50)(H,51,52)(H,53,54)(H,55,56). The molecule has 0 aromatic heterocycles. The fourth-order valence-electron chi connectivity index (χ4n) is 9.43. The molecule has 16 nitrogen and oxygen atoms in total. The number of ether oxygens (including phenoxy) is 8. The monoisotopic (exact) mass is 1140 g/mol. The minimum Gasteiger partial charge on any atom is -0.481 e. The van der Waals surface area contributed by atoms with Gasteiger partial charge in [0.15, 0.2) is 0 Å². The van der Waals surface area contributed by atoms with Gasteiger partial charge in [-0.25, -0.2) is 0 Å². The number of carboxylic acids is 4. The molecule has 0 saturated heterocycles. The Kier molecular flexibility index (Phi) is 12.3. The summed E-state index contributed by atoms with van der Waals surface area (Å²) in [6.07, 6.45) is -0.716. The summed E-state index contributed by atoms with van der Waals surface area (Å²) in [5.74, 6) is -1.60. The topological polar surface area (TPSA) is 223 Å². The van der Waals surface area contributed by atoms with Crippen LogP contribution in [-0.4, -0.2) is 71.5 Å². The van der Waals surface area contributed by atoms with Crippen molar-refractivity contribution in [2.75, 3.05) is 27.2 Å². The molecule has 0 amide bonds. The van der Waals surface area contributed by atoms with Crippen LogP contribution in [0.2, 0.25) is 0 Å². The Bertz CT molecular complexity index is 2220. The van der Waals surface area contributed by atoms with Crippen LogP contribution in [0.5, 0.6) is 46.0 Å². The highest BCUT2D eigenvalue weighted by atomic mass is 79.9. The summed E-state index contributed by atoms with van der Waals surface area (Å²) in [6.45, 7) is -1.33. The van der Waals surface area contributed by atoms with Gasteiger partial charge in [0.05, 0.1) is 0 Å². The molecule has 64 heavy (non-hydrogen) atoms. The first-order valence-electron chi connectivity index (χ1n) is 20.1. The van der Waals surface area contributed by atoms with Crippen LogP contribution < -0.4 is 37.9 Å². The van der Waals surface area contributed by atoms with Gasteiger partial charge in [0.25, 0.3) is 0 Å². The van der Waals surface area contributed by atoms with Crippen molar-refractivity contribution >= 4 is 87.6 Å². The zero-order valence-electron chi connectivity index (χ0n) is 33.5. The van der Waals surface area contributed by atoms with E-state index in [1.807, 2.05) is 0 Å². The molecular weight excluding hydrogens is 1100 g/mol. The lowest BCUT2D eigenvalue weighted by molar-refractivity contribution is -0.138. The van der Waals surface area contributed by atoms with Crippen molar-refractivity contribution in [3.8, 4) is 46.0 Å². The Balaban J connectivity index is 1.47. The summed E-state index contributed by atoms with van der Waals surface area (Å²) >= 11 is 15.1. The number of hydrogen-bond acceptors (Lipinski definition) is 12. The van der Waals surface area contributed by atoms with Gasteiger partial charge >= 0.3 is 23.9 Å². The summed E-state index contributed by atoms with van der Waals surface area (Å²) in [5, 5.41) is 40.6. The molecule has 336 valence electrons. The first-order valence-corrected chi connectivity index (χ1v) is 23.2. The lowest BCUT2D eigenvalue weighted by atomic mass is 9.80. The molecule has 4 N–H and O–H groups in total. The van der Waals surface area contributed by atoms with Crippen molar-refractivity contribution in [2.45, 2.75) is 77.0 Å². The Morgan fingerprint density at radius 2 is 0.484 bits per heavy atom. The lowest BCUT2D eigenvalue weighted by Crippen LogP contribution is -2.24. The van der Waals surface area contributed by atoms with E-state index in [0.717, 1.165) is 0 Å². The molecule has 0 radical (unpaired) electrons. The van der Waals surface area contributed by atoms with E-state index in [2.05, 4.69) is 63.7 Å². The van der Waals surface area contributed by atoms with Crippen LogP contribution in [0.4, 0.5) is 0 Å². The van der Waals surface area contributed by atoms with Gasteiger partial charge in [0.2, 0.25) is 27.2 Å². The molecule has 9 rings (SSSR count). The minimum absolute atomic E-state index is 0.0265. The van der Waals surface area contributed by atoms with Crippen molar-refractivity contribution in [1.29, 1.82) is 0 Å². The SMILES string of the molecule is O=C(O)CCc1c2c3c(Br)c4c1Cc1c(CCC(=O)O)c5c(c(Br)c1OCO4)OCOc1c(Br)c4c(c(CCC(=O)O)c1C5)Cc1c(CCC(=O)O)c(c(c(Br)c1OCO4)OCO3)C2. The summed E-state index contributed by atoms with van der Waals surface area (Å²) in [4.78, 5) is 49.7. The fraction of sp³-hybridized carbons (Fsp3) is 0.364. The highest BCUT2D eigenvalue weighted by Crippen LogP contribution is 2.56. The van der Waals surface area contributed by atoms with Crippen LogP contribution >= 0.6 is 63.7 Å². The maximum absolute atomic E-state index is 12.4. The number of carboxylic acid groups (broad SMARTS) is 4. The van der Waals surface area contributed by atoms with E-state index in [-0.39, 0.29) is 104 Å². The molecule has 1 aliphatic carbocycles. The Labute approximate surface area is 397 Å². The Hall–Kier alpha value is -4.92. The van der Waals surface area contributed by atoms with Gasteiger partial charge < -0.3 is 58.3 Å². The molecule has 0 spiro atoms. The number of halogens is 4. The molecule has 0 unspecified atom stereocenters. The third kappa shape index (κ3) is 7.86. The van der Waals surface area contributed by atoms with E-state index in [1.54, 1.807) is 0 Å². The van der Waals surface area contributed by atoms with Crippen molar-refractivity contribution in [3.05, 3.63) is 84.7 Å². The maximum atomic E-state index is 12.4. The number of hydrogen-bond donors (Lipinski definition) is 4. The second-order valence-electron chi connectivity index (χ2n) is 15.5. The second-order valence-corrected chi connectivity index (χ2v) is 18.7. The van der Waals surface area contributed by atoms with Crippen LogP contribution in [-0.2, 0) is 70.5 Å². The molecule has 0 atom stereocenters. The van der Waals surface area contributed by atoms with E-state index in [0.29, 0.717) is 131 Å². The summed E-state index contributed by atoms with van der Waals surface area (Å²) in [6, 6.07) is 0. The highest BCUT2D eigenvalue weighted by Gasteiger charge is 2.38. The van der Waals surface area contributed by atoms with Gasteiger partial charge in [0, 0.05) is 95.9 Å². The number of benzene rings is 4. The van der Waals surface area contributed by atoms with Crippen molar-refractivity contribution in [3.63, 3.8) is 0 Å². The van der Waals surface area contributed by atoms with Gasteiger partial charge in [-0.2, -0.15) is 0 Å². The largest absolute Gasteiger partial charge is 0.481 e. The molecule has 4 aromatic rings. The molecule has 4 aliphatic heterocycles. The summed E-state index contributed by atoms with van der Waals surface area (Å²) in [5.41, 5.74) is 7.22. The van der Waals surface area contributed by atoms with Crippen LogP contribution in [0.1, 0.15) is 92.4 Å². The average Bonchev–Trinajstić information content (AvgIpc) is 3.19. The molecule has 20 heteroatoms. The fourth-order valence-corrected chi connectivity index (χ4v) is 12.3. The van der Waals surface area contributed by atoms with E-state index in [1.165, 1.54) is 0 Å². The lowest BCUT2D eigenvalue weighted by Gasteiger charge is -2.34. The van der Waals surface area contributed by atoms with Gasteiger partial charge in [0.1, 0.15) is 63.9 Å². The van der Waals surface area contributed by atoms with E-state index in [9.17, 15) is 39.6 Å². The Morgan fingerprint density at radius 3 is 0.625 bits per heavy atom. The first-order chi connectivity index (χ1) is 30.7. The van der Waals surface area contributed by atoms with Gasteiger partial charge in [-0.3, -0.25) is 19.2 Å². The maximum Gasteiger partial charge on any atom is 0.303 e. The van der Waals surface area contributed by atoms with Crippen molar-refractivity contribution < 1.29 is 77.5 Å². The predicted molar refractivity (Wildman–Crippen MR) is 236 cm³/mol. The van der Waals surface area contributed by atoms with Crippen LogP contribution in [0.3, 0.4) is 0 Å². The first kappa shape index (κ1) is 44.3. The van der Waals surface area contributed by atoms with Crippen LogP contribution in [0.15, 0.2) is 17.9 Å². The molecule has 4 aromatic carbocycles. The molecule has 0 fully saturated rings. The van der Waals surface area contributed by atoms with Crippen LogP contribution in [0.25, 0.3) is 0 Å². The third-order valence-electron chi connectivity index (χ3n) is 12.1. The second kappa shape index (κ2) is 17.8. The van der Waals surface area contributed by atoms with E-state index >= 15 is 0 Å². The summed E-state index contributed by atoms with van der Waals surface area (Å²) in [7, 11) is 0. The van der Waals surface area contributed by atoms with Crippen molar-refractivity contribution in [2.24, 2.45) is 0 Å². The molecular formula is C44H36Br4O16. The van der Waals surface area contributed by atoms with Crippen molar-refractivity contribution in [1.82, 2.24) is 0 Å². The molecule has 4 heterocycles. The smallest absolute Gasteiger partial charge is 0.303 e. The van der Waals surface area contributed by atoms with E-state index < -0.39 is 23.9 Å². The number of carbonyl (C=O) groups is 4. The quantitative estimate of drug-likeness (QED) is 0.0921. The number of rotatable bonds is 12. The normalized spacial score (nSPS) is 14.8. The van der Waals surface area contributed by atoms with Crippen LogP contribution in [0, 0.1) is 0 Å². The third-order valence-corrected chi connectivity index (χ3v) is 15.0. The molecule has 8 bridgehead atoms. The van der Waals surface area contributed by atoms with Gasteiger partial charge in [-0.05, 0) is 112 Å². The highest BCUT2D eigenvalue weighted by molar-refractivity contribution is 9.11.